The molecule has 0 aliphatic rings. The van der Waals surface area contributed by atoms with Crippen molar-refractivity contribution in [3.63, 3.8) is 0 Å². The maximum absolute atomic E-state index is 12.4. The molecule has 0 fully saturated rings. The highest BCUT2D eigenvalue weighted by Crippen LogP contribution is 2.32. The number of rotatable bonds is 4. The first-order chi connectivity index (χ1) is 8.19. The molecule has 0 radical (unpaired) electrons. The van der Waals surface area contributed by atoms with E-state index >= 15 is 0 Å². The number of aliphatic hydroxyl groups excluding tert-OH is 1. The topological polar surface area (TPSA) is 57.5 Å². The first-order valence-electron chi connectivity index (χ1n) is 5.19. The van der Waals surface area contributed by atoms with Crippen molar-refractivity contribution in [2.24, 2.45) is 0 Å². The van der Waals surface area contributed by atoms with Gasteiger partial charge in [0.05, 0.1) is 18.6 Å². The molecule has 18 heavy (non-hydrogen) atoms. The van der Waals surface area contributed by atoms with Crippen molar-refractivity contribution in [2.75, 3.05) is 6.61 Å². The van der Waals surface area contributed by atoms with E-state index in [9.17, 15) is 23.1 Å². The third kappa shape index (κ3) is 3.22. The standard InChI is InChI=1S/C12H13F3O3/c1-11(7-16,6-10(17)18)8-2-4-9(5-3-8)12(13,14)15/h2-5,16H,6-7H2,1H3,(H,17,18). The van der Waals surface area contributed by atoms with Gasteiger partial charge in [-0.25, -0.2) is 0 Å². The third-order valence-electron chi connectivity index (χ3n) is 2.80. The molecule has 0 bridgehead atoms. The number of hydrogen-bond acceptors (Lipinski definition) is 2. The van der Waals surface area contributed by atoms with Gasteiger partial charge < -0.3 is 10.2 Å². The number of carboxylic acid groups (broad SMARTS) is 1. The quantitative estimate of drug-likeness (QED) is 0.876. The number of carbonyl (C=O) groups is 1. The Hall–Kier alpha value is -1.56. The number of hydrogen-bond donors (Lipinski definition) is 2. The molecule has 6 heteroatoms. The Balaban J connectivity index is 3.06. The Morgan fingerprint density at radius 2 is 1.61 bits per heavy atom. The molecule has 1 aromatic carbocycles. The predicted octanol–water partition coefficient (Wildman–Crippen LogP) is 2.43. The van der Waals surface area contributed by atoms with Gasteiger partial charge in [0.2, 0.25) is 0 Å². The van der Waals surface area contributed by atoms with E-state index in [0.717, 1.165) is 12.1 Å². The molecular weight excluding hydrogens is 249 g/mol. The SMILES string of the molecule is CC(CO)(CC(=O)O)c1ccc(C(F)(F)F)cc1. The second kappa shape index (κ2) is 4.97. The lowest BCUT2D eigenvalue weighted by atomic mass is 9.80. The van der Waals surface area contributed by atoms with E-state index in [1.54, 1.807) is 0 Å². The van der Waals surface area contributed by atoms with E-state index in [0.29, 0.717) is 5.56 Å². The summed E-state index contributed by atoms with van der Waals surface area (Å²) in [7, 11) is 0. The summed E-state index contributed by atoms with van der Waals surface area (Å²) >= 11 is 0. The molecule has 1 rings (SSSR count). The van der Waals surface area contributed by atoms with Crippen LogP contribution in [0.4, 0.5) is 13.2 Å². The van der Waals surface area contributed by atoms with E-state index < -0.39 is 29.7 Å². The Bertz CT molecular complexity index is 425. The molecule has 0 aliphatic heterocycles. The van der Waals surface area contributed by atoms with Gasteiger partial charge in [-0.3, -0.25) is 4.79 Å². The van der Waals surface area contributed by atoms with Gasteiger partial charge in [0.25, 0.3) is 0 Å². The van der Waals surface area contributed by atoms with Crippen LogP contribution in [0.3, 0.4) is 0 Å². The summed E-state index contributed by atoms with van der Waals surface area (Å²) in [5.41, 5.74) is -1.53. The highest BCUT2D eigenvalue weighted by Gasteiger charge is 2.33. The van der Waals surface area contributed by atoms with E-state index in [1.807, 2.05) is 0 Å². The molecule has 1 aromatic rings. The van der Waals surface area contributed by atoms with Crippen LogP contribution in [-0.2, 0) is 16.4 Å². The molecule has 0 saturated heterocycles. The molecule has 0 aromatic heterocycles. The average Bonchev–Trinajstić information content (AvgIpc) is 2.27. The van der Waals surface area contributed by atoms with E-state index in [1.165, 1.54) is 19.1 Å². The number of benzene rings is 1. The fraction of sp³-hybridized carbons (Fsp3) is 0.417. The van der Waals surface area contributed by atoms with E-state index in [-0.39, 0.29) is 6.42 Å². The summed E-state index contributed by atoms with van der Waals surface area (Å²) in [6, 6.07) is 4.15. The summed E-state index contributed by atoms with van der Waals surface area (Å²) in [5.74, 6) is -1.12. The fourth-order valence-electron chi connectivity index (χ4n) is 1.64. The van der Waals surface area contributed by atoms with Crippen LogP contribution in [0.1, 0.15) is 24.5 Å². The number of alkyl halides is 3. The minimum atomic E-state index is -4.43. The minimum Gasteiger partial charge on any atom is -0.481 e. The number of halogens is 3. The van der Waals surface area contributed by atoms with Crippen molar-refractivity contribution < 1.29 is 28.2 Å². The largest absolute Gasteiger partial charge is 0.481 e. The van der Waals surface area contributed by atoms with E-state index in [4.69, 9.17) is 5.11 Å². The number of aliphatic hydroxyl groups is 1. The summed E-state index contributed by atoms with van der Waals surface area (Å²) in [4.78, 5) is 10.7. The Morgan fingerprint density at radius 3 is 1.94 bits per heavy atom. The Labute approximate surface area is 102 Å². The van der Waals surface area contributed by atoms with Crippen LogP contribution < -0.4 is 0 Å². The van der Waals surface area contributed by atoms with Crippen molar-refractivity contribution in [1.82, 2.24) is 0 Å². The normalized spacial score (nSPS) is 15.2. The van der Waals surface area contributed by atoms with Crippen LogP contribution in [0.15, 0.2) is 24.3 Å². The molecule has 2 N–H and O–H groups in total. The van der Waals surface area contributed by atoms with Crippen LogP contribution in [-0.4, -0.2) is 22.8 Å². The van der Waals surface area contributed by atoms with Crippen molar-refractivity contribution in [3.8, 4) is 0 Å². The van der Waals surface area contributed by atoms with Crippen molar-refractivity contribution in [3.05, 3.63) is 35.4 Å². The monoisotopic (exact) mass is 262 g/mol. The second-order valence-electron chi connectivity index (χ2n) is 4.36. The Morgan fingerprint density at radius 1 is 1.17 bits per heavy atom. The van der Waals surface area contributed by atoms with Gasteiger partial charge >= 0.3 is 12.1 Å². The zero-order chi connectivity index (χ0) is 14.0. The van der Waals surface area contributed by atoms with Crippen molar-refractivity contribution >= 4 is 5.97 Å². The third-order valence-corrected chi connectivity index (χ3v) is 2.80. The lowest BCUT2D eigenvalue weighted by Gasteiger charge is -2.26. The smallest absolute Gasteiger partial charge is 0.416 e. The molecule has 1 unspecified atom stereocenters. The summed E-state index contributed by atoms with van der Waals surface area (Å²) in [6.45, 7) is 1.04. The molecule has 0 heterocycles. The van der Waals surface area contributed by atoms with E-state index in [2.05, 4.69) is 0 Å². The zero-order valence-electron chi connectivity index (χ0n) is 9.66. The van der Waals surface area contributed by atoms with Gasteiger partial charge in [-0.2, -0.15) is 13.2 Å². The maximum atomic E-state index is 12.4. The maximum Gasteiger partial charge on any atom is 0.416 e. The molecule has 0 spiro atoms. The molecule has 0 aliphatic carbocycles. The second-order valence-corrected chi connectivity index (χ2v) is 4.36. The minimum absolute atomic E-state index is 0.352. The zero-order valence-corrected chi connectivity index (χ0v) is 9.66. The first kappa shape index (κ1) is 14.5. The van der Waals surface area contributed by atoms with Crippen molar-refractivity contribution in [1.29, 1.82) is 0 Å². The molecule has 1 atom stereocenters. The molecule has 0 saturated carbocycles. The van der Waals surface area contributed by atoms with Gasteiger partial charge in [0.1, 0.15) is 0 Å². The van der Waals surface area contributed by atoms with Crippen molar-refractivity contribution in [2.45, 2.75) is 24.9 Å². The number of aliphatic carboxylic acids is 1. The highest BCUT2D eigenvalue weighted by atomic mass is 19.4. The van der Waals surface area contributed by atoms with Gasteiger partial charge in [-0.05, 0) is 17.7 Å². The lowest BCUT2D eigenvalue weighted by molar-refractivity contribution is -0.139. The molecule has 3 nitrogen and oxygen atoms in total. The van der Waals surface area contributed by atoms with Crippen LogP contribution in [0.25, 0.3) is 0 Å². The molecule has 0 amide bonds. The predicted molar refractivity (Wildman–Crippen MR) is 58.1 cm³/mol. The molecule has 100 valence electrons. The van der Waals surface area contributed by atoms with Crippen LogP contribution in [0.5, 0.6) is 0 Å². The van der Waals surface area contributed by atoms with Gasteiger partial charge in [-0.15, -0.1) is 0 Å². The Kier molecular flexibility index (Phi) is 4.01. The van der Waals surface area contributed by atoms with Gasteiger partial charge in [0, 0.05) is 5.41 Å². The average molecular weight is 262 g/mol. The number of carboxylic acids is 1. The van der Waals surface area contributed by atoms with Gasteiger partial charge in [-0.1, -0.05) is 19.1 Å². The van der Waals surface area contributed by atoms with Crippen LogP contribution in [0.2, 0.25) is 0 Å². The summed E-state index contributed by atoms with van der Waals surface area (Å²) in [5, 5.41) is 18.0. The highest BCUT2D eigenvalue weighted by molar-refractivity contribution is 5.69. The fourth-order valence-corrected chi connectivity index (χ4v) is 1.64. The first-order valence-corrected chi connectivity index (χ1v) is 5.19. The van der Waals surface area contributed by atoms with Crippen LogP contribution >= 0.6 is 0 Å². The molecular formula is C12H13F3O3. The summed E-state index contributed by atoms with van der Waals surface area (Å²) in [6.07, 6.45) is -4.78. The summed E-state index contributed by atoms with van der Waals surface area (Å²) < 4.78 is 37.1. The lowest BCUT2D eigenvalue weighted by Crippen LogP contribution is -2.30. The van der Waals surface area contributed by atoms with Gasteiger partial charge in [0.15, 0.2) is 0 Å². The van der Waals surface area contributed by atoms with Crippen LogP contribution in [0, 0.1) is 0 Å².